The first kappa shape index (κ1) is 22.7. The van der Waals surface area contributed by atoms with Crippen molar-refractivity contribution in [1.29, 1.82) is 0 Å². The predicted octanol–water partition coefficient (Wildman–Crippen LogP) is 10.7. The summed E-state index contributed by atoms with van der Waals surface area (Å²) in [4.78, 5) is 5.03. The molecule has 0 saturated heterocycles. The van der Waals surface area contributed by atoms with Crippen molar-refractivity contribution in [2.75, 3.05) is 0 Å². The molecule has 40 heavy (non-hydrogen) atoms. The summed E-state index contributed by atoms with van der Waals surface area (Å²) in [6.07, 6.45) is 1.92. The van der Waals surface area contributed by atoms with Crippen molar-refractivity contribution in [2.24, 2.45) is 0 Å². The second-order valence-electron chi connectivity index (χ2n) is 10.3. The largest absolute Gasteiger partial charge is 0.256 e. The summed E-state index contributed by atoms with van der Waals surface area (Å²) < 4.78 is 0. The van der Waals surface area contributed by atoms with E-state index in [1.807, 2.05) is 6.20 Å². The van der Waals surface area contributed by atoms with Crippen LogP contribution < -0.4 is 0 Å². The Hall–Kier alpha value is -5.27. The van der Waals surface area contributed by atoms with Crippen LogP contribution in [0.15, 0.2) is 152 Å². The molecule has 1 aromatic heterocycles. The van der Waals surface area contributed by atoms with E-state index in [2.05, 4.69) is 146 Å². The molecule has 0 aliphatic rings. The first-order valence-electron chi connectivity index (χ1n) is 13.7. The van der Waals surface area contributed by atoms with Gasteiger partial charge in [0.25, 0.3) is 0 Å². The Morgan fingerprint density at radius 1 is 0.350 bits per heavy atom. The number of pyridine rings is 1. The van der Waals surface area contributed by atoms with E-state index in [0.717, 1.165) is 10.9 Å². The standard InChI is InChI=1S/C39H25N/c1-2-13-28-25-29(23-22-26(28)11-1)37-34-18-7-8-19-35(34)38(36-21-10-24-40-39(36)37)33-17-6-5-16-32(33)31-20-9-14-27-12-3-4-15-30(27)31/h1-25H. The van der Waals surface area contributed by atoms with Gasteiger partial charge in [-0.15, -0.1) is 0 Å². The monoisotopic (exact) mass is 507 g/mol. The number of aromatic nitrogens is 1. The molecule has 0 N–H and O–H groups in total. The number of hydrogen-bond donors (Lipinski definition) is 0. The highest BCUT2D eigenvalue weighted by Crippen LogP contribution is 2.46. The van der Waals surface area contributed by atoms with E-state index in [9.17, 15) is 0 Å². The van der Waals surface area contributed by atoms with E-state index < -0.39 is 0 Å². The van der Waals surface area contributed by atoms with Gasteiger partial charge in [-0.1, -0.05) is 133 Å². The summed E-state index contributed by atoms with van der Waals surface area (Å²) in [6, 6.07) is 52.5. The molecule has 0 saturated carbocycles. The van der Waals surface area contributed by atoms with Crippen LogP contribution in [-0.2, 0) is 0 Å². The normalized spacial score (nSPS) is 11.5. The molecule has 8 rings (SSSR count). The van der Waals surface area contributed by atoms with Crippen molar-refractivity contribution in [2.45, 2.75) is 0 Å². The topological polar surface area (TPSA) is 12.9 Å². The van der Waals surface area contributed by atoms with E-state index in [1.165, 1.54) is 65.7 Å². The second-order valence-corrected chi connectivity index (χ2v) is 10.3. The maximum Gasteiger partial charge on any atom is 0.0792 e. The molecule has 1 nitrogen and oxygen atoms in total. The Morgan fingerprint density at radius 2 is 0.950 bits per heavy atom. The van der Waals surface area contributed by atoms with E-state index in [-0.39, 0.29) is 0 Å². The van der Waals surface area contributed by atoms with E-state index in [1.54, 1.807) is 0 Å². The summed E-state index contributed by atoms with van der Waals surface area (Å²) in [5.74, 6) is 0. The lowest BCUT2D eigenvalue weighted by Gasteiger charge is -2.19. The Morgan fingerprint density at radius 3 is 1.80 bits per heavy atom. The van der Waals surface area contributed by atoms with Gasteiger partial charge in [-0.3, -0.25) is 4.98 Å². The van der Waals surface area contributed by atoms with Crippen LogP contribution in [0, 0.1) is 0 Å². The lowest BCUT2D eigenvalue weighted by Crippen LogP contribution is -1.94. The fraction of sp³-hybridized carbons (Fsp3) is 0. The fourth-order valence-electron chi connectivity index (χ4n) is 6.32. The van der Waals surface area contributed by atoms with Gasteiger partial charge in [-0.05, 0) is 72.3 Å². The van der Waals surface area contributed by atoms with Crippen LogP contribution in [0.2, 0.25) is 0 Å². The van der Waals surface area contributed by atoms with E-state index >= 15 is 0 Å². The molecule has 0 amide bonds. The third-order valence-corrected chi connectivity index (χ3v) is 8.09. The molecule has 0 aliphatic carbocycles. The molecular weight excluding hydrogens is 482 g/mol. The van der Waals surface area contributed by atoms with Crippen LogP contribution in [-0.4, -0.2) is 4.98 Å². The summed E-state index contributed by atoms with van der Waals surface area (Å²) in [5.41, 5.74) is 8.32. The molecule has 186 valence electrons. The highest BCUT2D eigenvalue weighted by Gasteiger charge is 2.20. The van der Waals surface area contributed by atoms with Gasteiger partial charge < -0.3 is 0 Å². The first-order valence-corrected chi connectivity index (χ1v) is 13.7. The third-order valence-electron chi connectivity index (χ3n) is 8.09. The van der Waals surface area contributed by atoms with E-state index in [0.29, 0.717) is 0 Å². The number of fused-ring (bicyclic) bond motifs is 4. The van der Waals surface area contributed by atoms with Gasteiger partial charge in [0, 0.05) is 17.1 Å². The molecule has 0 aliphatic heterocycles. The van der Waals surface area contributed by atoms with Crippen molar-refractivity contribution >= 4 is 43.2 Å². The molecular formula is C39H25N. The molecule has 0 atom stereocenters. The van der Waals surface area contributed by atoms with Gasteiger partial charge in [0.15, 0.2) is 0 Å². The zero-order valence-electron chi connectivity index (χ0n) is 21.9. The van der Waals surface area contributed by atoms with Crippen LogP contribution in [0.1, 0.15) is 0 Å². The SMILES string of the molecule is c1ccc(-c2c3ccccc3c(-c3ccc4ccccc4c3)c3ncccc23)c(-c2cccc3ccccc23)c1. The highest BCUT2D eigenvalue weighted by molar-refractivity contribution is 6.22. The minimum Gasteiger partial charge on any atom is -0.256 e. The molecule has 1 heterocycles. The molecule has 0 unspecified atom stereocenters. The van der Waals surface area contributed by atoms with Crippen LogP contribution >= 0.6 is 0 Å². The summed E-state index contributed by atoms with van der Waals surface area (Å²) >= 11 is 0. The zero-order valence-corrected chi connectivity index (χ0v) is 21.9. The Balaban J connectivity index is 1.49. The first-order chi connectivity index (χ1) is 19.9. The number of rotatable bonds is 3. The fourth-order valence-corrected chi connectivity index (χ4v) is 6.32. The minimum atomic E-state index is 1.03. The second kappa shape index (κ2) is 9.18. The zero-order chi connectivity index (χ0) is 26.5. The molecule has 1 heteroatoms. The summed E-state index contributed by atoms with van der Waals surface area (Å²) in [6.45, 7) is 0. The average Bonchev–Trinajstić information content (AvgIpc) is 3.03. The van der Waals surface area contributed by atoms with Gasteiger partial charge in [0.2, 0.25) is 0 Å². The average molecular weight is 508 g/mol. The number of benzene rings is 7. The highest BCUT2D eigenvalue weighted by atomic mass is 14.7. The Kier molecular flexibility index (Phi) is 5.21. The van der Waals surface area contributed by atoms with Crippen molar-refractivity contribution in [3.8, 4) is 33.4 Å². The van der Waals surface area contributed by atoms with Gasteiger partial charge in [0.05, 0.1) is 5.52 Å². The lowest BCUT2D eigenvalue weighted by atomic mass is 9.84. The van der Waals surface area contributed by atoms with Crippen molar-refractivity contribution in [1.82, 2.24) is 4.98 Å². The van der Waals surface area contributed by atoms with Crippen LogP contribution in [0.5, 0.6) is 0 Å². The third kappa shape index (κ3) is 3.52. The maximum absolute atomic E-state index is 5.03. The lowest BCUT2D eigenvalue weighted by molar-refractivity contribution is 1.42. The minimum absolute atomic E-state index is 1.03. The quantitative estimate of drug-likeness (QED) is 0.217. The van der Waals surface area contributed by atoms with Gasteiger partial charge >= 0.3 is 0 Å². The number of hydrogen-bond acceptors (Lipinski definition) is 1. The summed E-state index contributed by atoms with van der Waals surface area (Å²) in [7, 11) is 0. The smallest absolute Gasteiger partial charge is 0.0792 e. The molecule has 0 fully saturated rings. The molecule has 0 spiro atoms. The summed E-state index contributed by atoms with van der Waals surface area (Å²) in [5, 5.41) is 8.60. The van der Waals surface area contributed by atoms with Gasteiger partial charge in [-0.2, -0.15) is 0 Å². The van der Waals surface area contributed by atoms with Crippen molar-refractivity contribution in [3.63, 3.8) is 0 Å². The van der Waals surface area contributed by atoms with Crippen LogP contribution in [0.3, 0.4) is 0 Å². The molecule has 0 bridgehead atoms. The maximum atomic E-state index is 5.03. The van der Waals surface area contributed by atoms with Crippen molar-refractivity contribution in [3.05, 3.63) is 152 Å². The van der Waals surface area contributed by atoms with E-state index in [4.69, 9.17) is 4.98 Å². The Bertz CT molecular complexity index is 2160. The van der Waals surface area contributed by atoms with Gasteiger partial charge in [-0.25, -0.2) is 0 Å². The molecule has 7 aromatic carbocycles. The molecule has 0 radical (unpaired) electrons. The Labute approximate surface area is 233 Å². The predicted molar refractivity (Wildman–Crippen MR) is 171 cm³/mol. The van der Waals surface area contributed by atoms with Crippen molar-refractivity contribution < 1.29 is 0 Å². The van der Waals surface area contributed by atoms with Crippen LogP contribution in [0.4, 0.5) is 0 Å². The molecule has 8 aromatic rings. The van der Waals surface area contributed by atoms with Crippen LogP contribution in [0.25, 0.3) is 76.6 Å². The number of nitrogens with zero attached hydrogens (tertiary/aromatic N) is 1. The van der Waals surface area contributed by atoms with Gasteiger partial charge in [0.1, 0.15) is 0 Å².